The highest BCUT2D eigenvalue weighted by molar-refractivity contribution is 5.97. The minimum absolute atomic E-state index is 0.309. The molecular formula is C17H20O4. The van der Waals surface area contributed by atoms with E-state index in [1.165, 1.54) is 7.11 Å². The molecule has 0 fully saturated rings. The molecule has 21 heavy (non-hydrogen) atoms. The number of hydrogen-bond acceptors (Lipinski definition) is 4. The van der Waals surface area contributed by atoms with E-state index in [1.54, 1.807) is 13.2 Å². The summed E-state index contributed by atoms with van der Waals surface area (Å²) in [6, 6.07) is 9.32. The van der Waals surface area contributed by atoms with Gasteiger partial charge in [-0.25, -0.2) is 0 Å². The lowest BCUT2D eigenvalue weighted by atomic mass is 9.97. The highest BCUT2D eigenvalue weighted by Crippen LogP contribution is 2.42. The third-order valence-electron chi connectivity index (χ3n) is 3.17. The number of carbonyl (C=O) groups is 1. The van der Waals surface area contributed by atoms with Crippen molar-refractivity contribution in [3.8, 4) is 17.2 Å². The minimum Gasteiger partial charge on any atom is -0.496 e. The van der Waals surface area contributed by atoms with Crippen molar-refractivity contribution in [3.63, 3.8) is 0 Å². The molecule has 0 atom stereocenters. The Bertz CT molecular complexity index is 668. The first-order chi connectivity index (χ1) is 9.88. The van der Waals surface area contributed by atoms with Crippen molar-refractivity contribution in [2.75, 3.05) is 14.2 Å². The van der Waals surface area contributed by atoms with Gasteiger partial charge < -0.3 is 14.2 Å². The van der Waals surface area contributed by atoms with Crippen LogP contribution in [0.3, 0.4) is 0 Å². The van der Waals surface area contributed by atoms with E-state index in [-0.39, 0.29) is 5.97 Å². The van der Waals surface area contributed by atoms with E-state index in [4.69, 9.17) is 14.2 Å². The van der Waals surface area contributed by atoms with Crippen LogP contribution in [0.1, 0.15) is 20.8 Å². The fourth-order valence-corrected chi connectivity index (χ4v) is 1.96. The summed E-state index contributed by atoms with van der Waals surface area (Å²) in [5.74, 6) is 1.27. The highest BCUT2D eigenvalue weighted by atomic mass is 16.6. The van der Waals surface area contributed by atoms with Crippen LogP contribution in [0.5, 0.6) is 17.2 Å². The number of carbonyl (C=O) groups excluding carboxylic acids is 1. The van der Waals surface area contributed by atoms with Crippen LogP contribution >= 0.6 is 0 Å². The van der Waals surface area contributed by atoms with Gasteiger partial charge in [-0.2, -0.15) is 0 Å². The number of fused-ring (bicyclic) bond motifs is 1. The fourth-order valence-electron chi connectivity index (χ4n) is 1.96. The average Bonchev–Trinajstić information content (AvgIpc) is 2.46. The van der Waals surface area contributed by atoms with Crippen molar-refractivity contribution in [3.05, 3.63) is 30.3 Å². The lowest BCUT2D eigenvalue weighted by Crippen LogP contribution is -2.25. The van der Waals surface area contributed by atoms with Crippen LogP contribution in [0.25, 0.3) is 10.8 Å². The molecule has 0 saturated carbocycles. The molecule has 0 amide bonds. The minimum atomic E-state index is -0.591. The van der Waals surface area contributed by atoms with Crippen LogP contribution in [0.2, 0.25) is 0 Å². The Labute approximate surface area is 124 Å². The van der Waals surface area contributed by atoms with Crippen molar-refractivity contribution in [1.82, 2.24) is 0 Å². The van der Waals surface area contributed by atoms with Crippen LogP contribution in [-0.4, -0.2) is 20.2 Å². The molecule has 0 aliphatic carbocycles. The average molecular weight is 288 g/mol. The summed E-state index contributed by atoms with van der Waals surface area (Å²) < 4.78 is 16.3. The van der Waals surface area contributed by atoms with Gasteiger partial charge in [-0.3, -0.25) is 4.79 Å². The summed E-state index contributed by atoms with van der Waals surface area (Å²) in [4.78, 5) is 12.2. The predicted octanol–water partition coefficient (Wildman–Crippen LogP) is 3.81. The van der Waals surface area contributed by atoms with Crippen molar-refractivity contribution in [1.29, 1.82) is 0 Å². The van der Waals surface area contributed by atoms with Gasteiger partial charge in [-0.15, -0.1) is 0 Å². The smallest absolute Gasteiger partial charge is 0.316 e. The normalized spacial score (nSPS) is 11.3. The Morgan fingerprint density at radius 3 is 2.05 bits per heavy atom. The molecule has 0 heterocycles. The van der Waals surface area contributed by atoms with Crippen molar-refractivity contribution in [2.24, 2.45) is 5.41 Å². The van der Waals surface area contributed by atoms with Crippen LogP contribution in [0.4, 0.5) is 0 Å². The zero-order valence-corrected chi connectivity index (χ0v) is 13.0. The molecule has 2 aromatic rings. The molecule has 0 aliphatic rings. The van der Waals surface area contributed by atoms with Gasteiger partial charge in [0.2, 0.25) is 0 Å². The molecule has 2 aromatic carbocycles. The molecule has 0 N–H and O–H groups in total. The molecule has 4 heteroatoms. The second kappa shape index (κ2) is 5.64. The maximum absolute atomic E-state index is 12.2. The molecule has 0 radical (unpaired) electrons. The second-order valence-electron chi connectivity index (χ2n) is 5.80. The van der Waals surface area contributed by atoms with Gasteiger partial charge in [0, 0.05) is 16.8 Å². The first-order valence-corrected chi connectivity index (χ1v) is 6.74. The molecule has 0 bridgehead atoms. The van der Waals surface area contributed by atoms with Crippen LogP contribution in [0, 0.1) is 5.41 Å². The van der Waals surface area contributed by atoms with E-state index in [0.29, 0.717) is 17.2 Å². The van der Waals surface area contributed by atoms with Gasteiger partial charge in [-0.05, 0) is 20.8 Å². The Hall–Kier alpha value is -2.23. The Morgan fingerprint density at radius 2 is 1.52 bits per heavy atom. The maximum atomic E-state index is 12.2. The third kappa shape index (κ3) is 2.94. The molecule has 112 valence electrons. The standard InChI is InChI=1S/C17H20O4/c1-17(2,3)16(18)21-15-12-9-7-6-8-11(12)13(19-4)10-14(15)20-5/h6-10H,1-5H3. The zero-order chi connectivity index (χ0) is 15.6. The fraction of sp³-hybridized carbons (Fsp3) is 0.353. The second-order valence-corrected chi connectivity index (χ2v) is 5.80. The summed E-state index contributed by atoms with van der Waals surface area (Å²) >= 11 is 0. The van der Waals surface area contributed by atoms with Crippen molar-refractivity contribution in [2.45, 2.75) is 20.8 Å². The van der Waals surface area contributed by atoms with Gasteiger partial charge >= 0.3 is 5.97 Å². The van der Waals surface area contributed by atoms with Crippen LogP contribution in [-0.2, 0) is 4.79 Å². The predicted molar refractivity (Wildman–Crippen MR) is 82.1 cm³/mol. The van der Waals surface area contributed by atoms with Gasteiger partial charge in [0.1, 0.15) is 5.75 Å². The van der Waals surface area contributed by atoms with E-state index in [9.17, 15) is 4.79 Å². The molecule has 2 rings (SSSR count). The monoisotopic (exact) mass is 288 g/mol. The summed E-state index contributed by atoms with van der Waals surface area (Å²) in [5.41, 5.74) is -0.591. The third-order valence-corrected chi connectivity index (χ3v) is 3.17. The van der Waals surface area contributed by atoms with Gasteiger partial charge in [-0.1, -0.05) is 24.3 Å². The first kappa shape index (κ1) is 15.2. The van der Waals surface area contributed by atoms with Gasteiger partial charge in [0.15, 0.2) is 11.5 Å². The topological polar surface area (TPSA) is 44.8 Å². The number of methoxy groups -OCH3 is 2. The Morgan fingerprint density at radius 1 is 0.952 bits per heavy atom. The number of esters is 1. The van der Waals surface area contributed by atoms with E-state index in [0.717, 1.165) is 10.8 Å². The molecule has 4 nitrogen and oxygen atoms in total. The number of ether oxygens (including phenoxy) is 3. The highest BCUT2D eigenvalue weighted by Gasteiger charge is 2.26. The van der Waals surface area contributed by atoms with Crippen molar-refractivity contribution < 1.29 is 19.0 Å². The van der Waals surface area contributed by atoms with Crippen LogP contribution < -0.4 is 14.2 Å². The lowest BCUT2D eigenvalue weighted by molar-refractivity contribution is -0.143. The lowest BCUT2D eigenvalue weighted by Gasteiger charge is -2.19. The summed E-state index contributed by atoms with van der Waals surface area (Å²) in [7, 11) is 3.14. The van der Waals surface area contributed by atoms with E-state index < -0.39 is 5.41 Å². The SMILES string of the molecule is COc1cc(OC)c2ccccc2c1OC(=O)C(C)(C)C. The van der Waals surface area contributed by atoms with E-state index in [2.05, 4.69) is 0 Å². The quantitative estimate of drug-likeness (QED) is 0.636. The first-order valence-electron chi connectivity index (χ1n) is 6.74. The zero-order valence-electron chi connectivity index (χ0n) is 13.0. The molecule has 0 saturated heterocycles. The van der Waals surface area contributed by atoms with Gasteiger partial charge in [0.05, 0.1) is 19.6 Å². The number of rotatable bonds is 3. The largest absolute Gasteiger partial charge is 0.496 e. The Kier molecular flexibility index (Phi) is 4.07. The summed E-state index contributed by atoms with van der Waals surface area (Å²) in [5, 5.41) is 1.66. The van der Waals surface area contributed by atoms with Crippen LogP contribution in [0.15, 0.2) is 30.3 Å². The number of hydrogen-bond donors (Lipinski definition) is 0. The van der Waals surface area contributed by atoms with Gasteiger partial charge in [0.25, 0.3) is 0 Å². The molecule has 0 aromatic heterocycles. The van der Waals surface area contributed by atoms with E-state index in [1.807, 2.05) is 45.0 Å². The van der Waals surface area contributed by atoms with Crippen molar-refractivity contribution >= 4 is 16.7 Å². The summed E-state index contributed by atoms with van der Waals surface area (Å²) in [6.45, 7) is 5.44. The maximum Gasteiger partial charge on any atom is 0.316 e. The molecule has 0 aliphatic heterocycles. The Balaban J connectivity index is 2.64. The molecule has 0 spiro atoms. The number of benzene rings is 2. The summed E-state index contributed by atoms with van der Waals surface area (Å²) in [6.07, 6.45) is 0. The molecular weight excluding hydrogens is 268 g/mol. The molecule has 0 unspecified atom stereocenters. The van der Waals surface area contributed by atoms with E-state index >= 15 is 0 Å².